The van der Waals surface area contributed by atoms with Crippen LogP contribution in [0.25, 0.3) is 16.8 Å². The number of aliphatic hydroxyl groups excluding tert-OH is 1. The Morgan fingerprint density at radius 2 is 2.06 bits per heavy atom. The number of aryl methyl sites for hydroxylation is 3. The number of nitrogens with one attached hydrogen (secondary N) is 2. The molecule has 0 fully saturated rings. The standard InChI is InChI=1S/C23H26N6O2/c1-13-5-7-24-11-18(13)19-10-17-20(12-25-19)27-23(31)22(17)16(4)26-21-9-14(2)29(28-21)8-6-15(3)30/h5,7,9-12,15,30H,6,8H2,1-4H3,(H,26,28)(H,27,31)/b22-16-. The molecule has 0 aliphatic carbocycles. The van der Waals surface area contributed by atoms with Crippen LogP contribution in [0, 0.1) is 13.8 Å². The number of hydrogen-bond donors (Lipinski definition) is 3. The molecule has 0 spiro atoms. The smallest absolute Gasteiger partial charge is 0.258 e. The fraction of sp³-hybridized carbons (Fsp3) is 0.304. The van der Waals surface area contributed by atoms with Crippen LogP contribution >= 0.6 is 0 Å². The quantitative estimate of drug-likeness (QED) is 0.529. The van der Waals surface area contributed by atoms with E-state index in [1.54, 1.807) is 25.5 Å². The van der Waals surface area contributed by atoms with E-state index in [-0.39, 0.29) is 12.0 Å². The summed E-state index contributed by atoms with van der Waals surface area (Å²) in [6, 6.07) is 5.79. The second-order valence-electron chi connectivity index (χ2n) is 7.92. The highest BCUT2D eigenvalue weighted by atomic mass is 16.3. The van der Waals surface area contributed by atoms with E-state index in [9.17, 15) is 9.90 Å². The lowest BCUT2D eigenvalue weighted by Gasteiger charge is -2.09. The fourth-order valence-corrected chi connectivity index (χ4v) is 3.68. The van der Waals surface area contributed by atoms with Crippen molar-refractivity contribution in [3.8, 4) is 11.3 Å². The van der Waals surface area contributed by atoms with Crippen LogP contribution < -0.4 is 10.6 Å². The van der Waals surface area contributed by atoms with Crippen LogP contribution in [0.1, 0.15) is 37.1 Å². The lowest BCUT2D eigenvalue weighted by molar-refractivity contribution is -0.110. The van der Waals surface area contributed by atoms with Gasteiger partial charge in [0.2, 0.25) is 0 Å². The highest BCUT2D eigenvalue weighted by Gasteiger charge is 2.28. The molecule has 3 aromatic rings. The van der Waals surface area contributed by atoms with Crippen molar-refractivity contribution in [2.24, 2.45) is 0 Å². The first-order valence-electron chi connectivity index (χ1n) is 10.3. The van der Waals surface area contributed by atoms with Gasteiger partial charge in [-0.15, -0.1) is 0 Å². The van der Waals surface area contributed by atoms with Gasteiger partial charge in [0.1, 0.15) is 0 Å². The minimum atomic E-state index is -0.381. The molecule has 0 aromatic carbocycles. The van der Waals surface area contributed by atoms with Gasteiger partial charge in [0, 0.05) is 47.5 Å². The molecular weight excluding hydrogens is 392 g/mol. The molecule has 1 atom stereocenters. The van der Waals surface area contributed by atoms with E-state index in [2.05, 4.69) is 25.7 Å². The number of fused-ring (bicyclic) bond motifs is 1. The Hall–Kier alpha value is -3.52. The van der Waals surface area contributed by atoms with E-state index in [4.69, 9.17) is 0 Å². The molecule has 1 aliphatic rings. The van der Waals surface area contributed by atoms with Crippen molar-refractivity contribution in [2.75, 3.05) is 10.6 Å². The van der Waals surface area contributed by atoms with E-state index in [1.165, 1.54) is 0 Å². The number of pyridine rings is 2. The summed E-state index contributed by atoms with van der Waals surface area (Å²) >= 11 is 0. The van der Waals surface area contributed by atoms with E-state index >= 15 is 0 Å². The number of carbonyl (C=O) groups excluding carboxylic acids is 1. The van der Waals surface area contributed by atoms with Gasteiger partial charge in [-0.1, -0.05) is 0 Å². The zero-order valence-electron chi connectivity index (χ0n) is 18.1. The summed E-state index contributed by atoms with van der Waals surface area (Å²) < 4.78 is 1.85. The van der Waals surface area contributed by atoms with E-state index in [0.717, 1.165) is 28.1 Å². The van der Waals surface area contributed by atoms with Crippen LogP contribution in [0.2, 0.25) is 0 Å². The first kappa shape index (κ1) is 20.7. The van der Waals surface area contributed by atoms with Crippen LogP contribution in [-0.4, -0.2) is 36.9 Å². The molecule has 31 heavy (non-hydrogen) atoms. The number of aromatic nitrogens is 4. The third-order valence-corrected chi connectivity index (χ3v) is 5.39. The lowest BCUT2D eigenvalue weighted by atomic mass is 10.0. The summed E-state index contributed by atoms with van der Waals surface area (Å²) in [6.45, 7) is 8.23. The summed E-state index contributed by atoms with van der Waals surface area (Å²) in [5.41, 5.74) is 6.51. The molecule has 4 heterocycles. The van der Waals surface area contributed by atoms with Crippen LogP contribution in [0.15, 0.2) is 42.5 Å². The van der Waals surface area contributed by atoms with Crippen LogP contribution in [0.5, 0.6) is 0 Å². The Balaban J connectivity index is 1.66. The third kappa shape index (κ3) is 4.20. The topological polar surface area (TPSA) is 105 Å². The zero-order valence-corrected chi connectivity index (χ0v) is 18.1. The predicted molar refractivity (Wildman–Crippen MR) is 120 cm³/mol. The first-order valence-corrected chi connectivity index (χ1v) is 10.3. The molecular formula is C23H26N6O2. The molecule has 0 saturated heterocycles. The van der Waals surface area contributed by atoms with Crippen molar-refractivity contribution < 1.29 is 9.90 Å². The van der Waals surface area contributed by atoms with Gasteiger partial charge in [0.25, 0.3) is 5.91 Å². The number of rotatable bonds is 6. The van der Waals surface area contributed by atoms with Crippen molar-refractivity contribution >= 4 is 23.0 Å². The summed E-state index contributed by atoms with van der Waals surface area (Å²) in [4.78, 5) is 21.4. The number of hydrogen-bond acceptors (Lipinski definition) is 6. The molecule has 4 rings (SSSR count). The van der Waals surface area contributed by atoms with Crippen molar-refractivity contribution in [1.82, 2.24) is 19.7 Å². The average molecular weight is 419 g/mol. The molecule has 0 saturated carbocycles. The molecule has 3 aromatic heterocycles. The summed E-state index contributed by atoms with van der Waals surface area (Å²) in [5.74, 6) is 0.485. The maximum Gasteiger partial charge on any atom is 0.258 e. The van der Waals surface area contributed by atoms with Crippen molar-refractivity contribution in [2.45, 2.75) is 46.8 Å². The average Bonchev–Trinajstić information content (AvgIpc) is 3.24. The normalized spacial score (nSPS) is 15.5. The molecule has 1 aliphatic heterocycles. The van der Waals surface area contributed by atoms with Gasteiger partial charge in [-0.25, -0.2) is 0 Å². The first-order chi connectivity index (χ1) is 14.8. The molecule has 0 radical (unpaired) electrons. The van der Waals surface area contributed by atoms with Crippen molar-refractivity contribution in [3.63, 3.8) is 0 Å². The number of aliphatic hydroxyl groups is 1. The summed E-state index contributed by atoms with van der Waals surface area (Å²) in [7, 11) is 0. The Morgan fingerprint density at radius 3 is 2.81 bits per heavy atom. The SMILES string of the molecule is C/C(Nc1cc(C)n(CCC(C)O)n1)=C1/C(=O)Nc2cnc(-c3cnccc3C)cc21. The number of anilines is 2. The highest BCUT2D eigenvalue weighted by Crippen LogP contribution is 2.36. The summed E-state index contributed by atoms with van der Waals surface area (Å²) in [6.07, 6.45) is 5.46. The Bertz CT molecular complexity index is 1180. The fourth-order valence-electron chi connectivity index (χ4n) is 3.68. The second-order valence-corrected chi connectivity index (χ2v) is 7.92. The molecule has 1 unspecified atom stereocenters. The van der Waals surface area contributed by atoms with Crippen LogP contribution in [0.3, 0.4) is 0 Å². The van der Waals surface area contributed by atoms with Gasteiger partial charge in [-0.05, 0) is 51.8 Å². The molecule has 3 N–H and O–H groups in total. The van der Waals surface area contributed by atoms with E-state index < -0.39 is 0 Å². The Morgan fingerprint density at radius 1 is 1.26 bits per heavy atom. The molecule has 8 nitrogen and oxygen atoms in total. The van der Waals surface area contributed by atoms with Crippen LogP contribution in [-0.2, 0) is 11.3 Å². The van der Waals surface area contributed by atoms with Crippen LogP contribution in [0.4, 0.5) is 11.5 Å². The zero-order chi connectivity index (χ0) is 22.1. The van der Waals surface area contributed by atoms with Gasteiger partial charge in [-0.2, -0.15) is 5.10 Å². The Kier molecular flexibility index (Phi) is 5.56. The van der Waals surface area contributed by atoms with Gasteiger partial charge >= 0.3 is 0 Å². The monoisotopic (exact) mass is 418 g/mol. The maximum atomic E-state index is 12.7. The third-order valence-electron chi connectivity index (χ3n) is 5.39. The lowest BCUT2D eigenvalue weighted by Crippen LogP contribution is -2.10. The molecule has 8 heteroatoms. The number of nitrogens with zero attached hydrogens (tertiary/aromatic N) is 4. The number of allylic oxidation sites excluding steroid dienone is 1. The second kappa shape index (κ2) is 8.31. The minimum absolute atomic E-state index is 0.174. The maximum absolute atomic E-state index is 12.7. The molecule has 1 amide bonds. The summed E-state index contributed by atoms with van der Waals surface area (Å²) in [5, 5.41) is 20.2. The highest BCUT2D eigenvalue weighted by molar-refractivity contribution is 6.32. The van der Waals surface area contributed by atoms with E-state index in [1.807, 2.05) is 43.7 Å². The molecule has 160 valence electrons. The Labute approximate surface area is 181 Å². The van der Waals surface area contributed by atoms with E-state index in [0.29, 0.717) is 35.7 Å². The van der Waals surface area contributed by atoms with Gasteiger partial charge in [0.05, 0.1) is 29.3 Å². The van der Waals surface area contributed by atoms with Crippen molar-refractivity contribution in [3.05, 3.63) is 59.3 Å². The number of amides is 1. The van der Waals surface area contributed by atoms with Gasteiger partial charge in [-0.3, -0.25) is 19.4 Å². The largest absolute Gasteiger partial charge is 0.393 e. The minimum Gasteiger partial charge on any atom is -0.393 e. The van der Waals surface area contributed by atoms with Gasteiger partial charge in [0.15, 0.2) is 5.82 Å². The predicted octanol–water partition coefficient (Wildman–Crippen LogP) is 3.52. The molecule has 0 bridgehead atoms. The number of carbonyl (C=O) groups is 1. The van der Waals surface area contributed by atoms with Crippen molar-refractivity contribution in [1.29, 1.82) is 0 Å². The van der Waals surface area contributed by atoms with Gasteiger partial charge < -0.3 is 15.7 Å².